The highest BCUT2D eigenvalue weighted by Crippen LogP contribution is 2.30. The summed E-state index contributed by atoms with van der Waals surface area (Å²) in [6, 6.07) is 9.19. The molecule has 1 aliphatic heterocycles. The fourth-order valence-electron chi connectivity index (χ4n) is 3.07. The van der Waals surface area contributed by atoms with E-state index in [1.54, 1.807) is 30.4 Å². The van der Waals surface area contributed by atoms with Crippen molar-refractivity contribution in [3.63, 3.8) is 0 Å². The molecule has 0 radical (unpaired) electrons. The maximum absolute atomic E-state index is 10.1. The maximum Gasteiger partial charge on any atom is 0.229 e. The Morgan fingerprint density at radius 2 is 1.67 bits per heavy atom. The highest BCUT2D eigenvalue weighted by molar-refractivity contribution is 5.72. The van der Waals surface area contributed by atoms with Gasteiger partial charge in [-0.3, -0.25) is 0 Å². The molecule has 6 N–H and O–H groups in total. The van der Waals surface area contributed by atoms with Crippen molar-refractivity contribution < 1.29 is 44.8 Å². The molecule has 0 unspecified atom stereocenters. The van der Waals surface area contributed by atoms with Crippen LogP contribution >= 0.6 is 0 Å². The molecule has 0 aliphatic carbocycles. The monoisotopic (exact) mass is 420 g/mol. The second kappa shape index (κ2) is 9.33. The van der Waals surface area contributed by atoms with Crippen molar-refractivity contribution in [1.82, 2.24) is 0 Å². The van der Waals surface area contributed by atoms with Crippen LogP contribution in [0.2, 0.25) is 0 Å². The Hall–Kier alpha value is -2.82. The minimum atomic E-state index is -1.57. The number of ether oxygens (including phenoxy) is 3. The summed E-state index contributed by atoms with van der Waals surface area (Å²) < 4.78 is 15.8. The molecular formula is C21H24O9. The van der Waals surface area contributed by atoms with E-state index in [-0.39, 0.29) is 17.2 Å². The number of hydrogen-bond donors (Lipinski definition) is 6. The van der Waals surface area contributed by atoms with E-state index < -0.39 is 37.3 Å². The molecule has 2 aromatic rings. The average Bonchev–Trinajstić information content (AvgIpc) is 2.72. The van der Waals surface area contributed by atoms with E-state index in [4.69, 9.17) is 14.2 Å². The summed E-state index contributed by atoms with van der Waals surface area (Å²) in [5.74, 6) is 0.354. The third-order valence-electron chi connectivity index (χ3n) is 4.69. The summed E-state index contributed by atoms with van der Waals surface area (Å²) in [4.78, 5) is 0. The SMILES string of the molecule is COc1ccc(C=Cc2cc(O)cc(O[C@H]3O[C@H](CO)[C@@H](O)[C@H](O)[C@H]3O)c2)cc1O. The lowest BCUT2D eigenvalue weighted by Crippen LogP contribution is -2.60. The number of aromatic hydroxyl groups is 2. The molecule has 0 spiro atoms. The van der Waals surface area contributed by atoms with Crippen molar-refractivity contribution in [2.75, 3.05) is 13.7 Å². The lowest BCUT2D eigenvalue weighted by molar-refractivity contribution is -0.277. The molecule has 5 atom stereocenters. The highest BCUT2D eigenvalue weighted by atomic mass is 16.7. The fourth-order valence-corrected chi connectivity index (χ4v) is 3.07. The Kier molecular flexibility index (Phi) is 6.80. The molecule has 9 nitrogen and oxygen atoms in total. The summed E-state index contributed by atoms with van der Waals surface area (Å²) >= 11 is 0. The zero-order valence-corrected chi connectivity index (χ0v) is 16.1. The first-order chi connectivity index (χ1) is 14.3. The maximum atomic E-state index is 10.1. The van der Waals surface area contributed by atoms with Crippen LogP contribution in [-0.4, -0.2) is 75.1 Å². The zero-order valence-electron chi connectivity index (χ0n) is 16.1. The molecule has 2 aromatic carbocycles. The molecule has 0 amide bonds. The first-order valence-corrected chi connectivity index (χ1v) is 9.18. The van der Waals surface area contributed by atoms with Crippen LogP contribution in [0.5, 0.6) is 23.0 Å². The summed E-state index contributed by atoms with van der Waals surface area (Å²) in [6.07, 6.45) is -3.72. The van der Waals surface area contributed by atoms with Crippen molar-refractivity contribution in [1.29, 1.82) is 0 Å². The Bertz CT molecular complexity index is 896. The summed E-state index contributed by atoms with van der Waals surface area (Å²) in [6.45, 7) is -0.576. The zero-order chi connectivity index (χ0) is 21.8. The summed E-state index contributed by atoms with van der Waals surface area (Å²) in [7, 11) is 1.45. The van der Waals surface area contributed by atoms with Crippen LogP contribution in [-0.2, 0) is 4.74 Å². The van der Waals surface area contributed by atoms with Gasteiger partial charge in [-0.1, -0.05) is 18.2 Å². The van der Waals surface area contributed by atoms with E-state index in [9.17, 15) is 30.6 Å². The first-order valence-electron chi connectivity index (χ1n) is 9.18. The highest BCUT2D eigenvalue weighted by Gasteiger charge is 2.44. The van der Waals surface area contributed by atoms with Crippen LogP contribution < -0.4 is 9.47 Å². The van der Waals surface area contributed by atoms with E-state index in [2.05, 4.69) is 0 Å². The molecule has 1 heterocycles. The Labute approximate surface area is 172 Å². The minimum absolute atomic E-state index is 0.0119. The molecule has 1 saturated heterocycles. The van der Waals surface area contributed by atoms with Crippen molar-refractivity contribution in [2.24, 2.45) is 0 Å². The first kappa shape index (κ1) is 21.9. The van der Waals surface area contributed by atoms with Gasteiger partial charge in [0.15, 0.2) is 11.5 Å². The molecule has 162 valence electrons. The molecule has 0 aromatic heterocycles. The lowest BCUT2D eigenvalue weighted by atomic mass is 9.99. The van der Waals surface area contributed by atoms with Crippen molar-refractivity contribution in [2.45, 2.75) is 30.7 Å². The number of benzene rings is 2. The van der Waals surface area contributed by atoms with E-state index in [0.29, 0.717) is 16.9 Å². The van der Waals surface area contributed by atoms with E-state index in [1.807, 2.05) is 0 Å². The van der Waals surface area contributed by atoms with Crippen molar-refractivity contribution >= 4 is 12.2 Å². The third kappa shape index (κ3) is 4.84. The predicted octanol–water partition coefficient (Wildman–Crippen LogP) is 0.455. The predicted molar refractivity (Wildman–Crippen MR) is 106 cm³/mol. The van der Waals surface area contributed by atoms with Gasteiger partial charge in [-0.25, -0.2) is 0 Å². The van der Waals surface area contributed by atoms with Gasteiger partial charge in [0, 0.05) is 6.07 Å². The normalized spacial score (nSPS) is 26.6. The Morgan fingerprint density at radius 3 is 2.33 bits per heavy atom. The largest absolute Gasteiger partial charge is 0.508 e. The van der Waals surface area contributed by atoms with Crippen LogP contribution in [0, 0.1) is 0 Å². The van der Waals surface area contributed by atoms with Gasteiger partial charge >= 0.3 is 0 Å². The Morgan fingerprint density at radius 1 is 0.933 bits per heavy atom. The van der Waals surface area contributed by atoms with Crippen LogP contribution in [0.15, 0.2) is 36.4 Å². The average molecular weight is 420 g/mol. The molecule has 3 rings (SSSR count). The van der Waals surface area contributed by atoms with Crippen molar-refractivity contribution in [3.05, 3.63) is 47.5 Å². The molecule has 1 aliphatic rings. The van der Waals surface area contributed by atoms with Crippen LogP contribution in [0.4, 0.5) is 0 Å². The third-order valence-corrected chi connectivity index (χ3v) is 4.69. The summed E-state index contributed by atoms with van der Waals surface area (Å²) in [5.41, 5.74) is 1.23. The lowest BCUT2D eigenvalue weighted by Gasteiger charge is -2.39. The van der Waals surface area contributed by atoms with Gasteiger partial charge < -0.3 is 44.8 Å². The quantitative estimate of drug-likeness (QED) is 0.366. The minimum Gasteiger partial charge on any atom is -0.508 e. The van der Waals surface area contributed by atoms with Gasteiger partial charge in [-0.2, -0.15) is 0 Å². The molecule has 30 heavy (non-hydrogen) atoms. The van der Waals surface area contributed by atoms with Gasteiger partial charge in [-0.15, -0.1) is 0 Å². The molecular weight excluding hydrogens is 396 g/mol. The topological polar surface area (TPSA) is 149 Å². The number of phenols is 2. The fraction of sp³-hybridized carbons (Fsp3) is 0.333. The van der Waals surface area contributed by atoms with Gasteiger partial charge in [0.1, 0.15) is 35.9 Å². The molecule has 0 bridgehead atoms. The van der Waals surface area contributed by atoms with Gasteiger partial charge in [0.2, 0.25) is 6.29 Å². The van der Waals surface area contributed by atoms with Crippen LogP contribution in [0.1, 0.15) is 11.1 Å². The van der Waals surface area contributed by atoms with Gasteiger partial charge in [0.05, 0.1) is 13.7 Å². The smallest absolute Gasteiger partial charge is 0.229 e. The number of methoxy groups -OCH3 is 1. The Balaban J connectivity index is 1.77. The summed E-state index contributed by atoms with van der Waals surface area (Å²) in [5, 5.41) is 58.9. The van der Waals surface area contributed by atoms with Gasteiger partial charge in [-0.05, 0) is 35.4 Å². The molecule has 1 fully saturated rings. The second-order valence-electron chi connectivity index (χ2n) is 6.84. The number of aliphatic hydroxyl groups excluding tert-OH is 4. The number of phenolic OH excluding ortho intramolecular Hbond substituents is 2. The standard InChI is InChI=1S/C21H24O9/c1-28-16-5-4-11(8-15(16)24)2-3-12-6-13(23)9-14(7-12)29-21-20(27)19(26)18(25)17(10-22)30-21/h2-9,17-27H,10H2,1H3/t17-,18-,19+,20-,21+/m1/s1. The van der Waals surface area contributed by atoms with E-state index in [0.717, 1.165) is 0 Å². The molecule has 0 saturated carbocycles. The van der Waals surface area contributed by atoms with Crippen LogP contribution in [0.25, 0.3) is 12.2 Å². The van der Waals surface area contributed by atoms with E-state index in [1.165, 1.54) is 25.3 Å². The van der Waals surface area contributed by atoms with Crippen LogP contribution in [0.3, 0.4) is 0 Å². The number of aliphatic hydroxyl groups is 4. The second-order valence-corrected chi connectivity index (χ2v) is 6.84. The van der Waals surface area contributed by atoms with Gasteiger partial charge in [0.25, 0.3) is 0 Å². The van der Waals surface area contributed by atoms with E-state index >= 15 is 0 Å². The van der Waals surface area contributed by atoms with Crippen molar-refractivity contribution in [3.8, 4) is 23.0 Å². The number of rotatable bonds is 6. The number of hydrogen-bond acceptors (Lipinski definition) is 9. The molecule has 9 heteroatoms.